The van der Waals surface area contributed by atoms with E-state index < -0.39 is 0 Å². The van der Waals surface area contributed by atoms with Crippen molar-refractivity contribution in [3.63, 3.8) is 0 Å². The lowest BCUT2D eigenvalue weighted by atomic mass is 10.0. The van der Waals surface area contributed by atoms with E-state index >= 15 is 0 Å². The zero-order valence-corrected chi connectivity index (χ0v) is 16.3. The number of likely N-dealkylation sites (N-methyl/N-ethyl adjacent to an activating group) is 1. The third-order valence-corrected chi connectivity index (χ3v) is 5.17. The normalized spacial score (nSPS) is 19.3. The average molecular weight is 355 g/mol. The van der Waals surface area contributed by atoms with Crippen molar-refractivity contribution in [3.8, 4) is 0 Å². The quantitative estimate of drug-likeness (QED) is 0.761. The van der Waals surface area contributed by atoms with E-state index in [9.17, 15) is 9.59 Å². The Labute approximate surface area is 156 Å². The van der Waals surface area contributed by atoms with Gasteiger partial charge < -0.3 is 9.80 Å². The largest absolute Gasteiger partial charge is 0.364 e. The fourth-order valence-corrected chi connectivity index (χ4v) is 3.66. The number of imide groups is 1. The summed E-state index contributed by atoms with van der Waals surface area (Å²) in [5.41, 5.74) is 3.15. The van der Waals surface area contributed by atoms with Crippen LogP contribution in [0.5, 0.6) is 0 Å². The Bertz CT molecular complexity index is 713. The smallest absolute Gasteiger partial charge is 0.277 e. The maximum absolute atomic E-state index is 13.1. The molecule has 2 aliphatic heterocycles. The predicted octanol–water partition coefficient (Wildman–Crippen LogP) is 2.37. The lowest BCUT2D eigenvalue weighted by Gasteiger charge is -2.36. The van der Waals surface area contributed by atoms with Gasteiger partial charge >= 0.3 is 0 Å². The fraction of sp³-hybridized carbons (Fsp3) is 0.524. The molecule has 1 aromatic rings. The summed E-state index contributed by atoms with van der Waals surface area (Å²) >= 11 is 0. The highest BCUT2D eigenvalue weighted by Crippen LogP contribution is 2.32. The van der Waals surface area contributed by atoms with Crippen molar-refractivity contribution < 1.29 is 9.59 Å². The summed E-state index contributed by atoms with van der Waals surface area (Å²) in [5.74, 6) is -0.0387. The van der Waals surface area contributed by atoms with Gasteiger partial charge in [0.25, 0.3) is 11.8 Å². The SMILES string of the molecule is CCN1CCN(C2=C(c3ccc(C)cc3)C(=O)N(CC(C)C)C2=O)CC1. The Balaban J connectivity index is 1.99. The van der Waals surface area contributed by atoms with Crippen molar-refractivity contribution in [2.45, 2.75) is 27.7 Å². The van der Waals surface area contributed by atoms with E-state index in [0.29, 0.717) is 17.8 Å². The van der Waals surface area contributed by atoms with E-state index in [1.807, 2.05) is 45.0 Å². The molecule has 3 rings (SSSR count). The minimum atomic E-state index is -0.152. The predicted molar refractivity (Wildman–Crippen MR) is 103 cm³/mol. The van der Waals surface area contributed by atoms with Gasteiger partial charge in [-0.15, -0.1) is 0 Å². The molecule has 1 fully saturated rings. The van der Waals surface area contributed by atoms with E-state index in [4.69, 9.17) is 0 Å². The molecule has 0 bridgehead atoms. The highest BCUT2D eigenvalue weighted by atomic mass is 16.2. The van der Waals surface area contributed by atoms with Crippen LogP contribution in [0.15, 0.2) is 30.0 Å². The summed E-state index contributed by atoms with van der Waals surface area (Å²) in [4.78, 5) is 32.2. The Hall–Kier alpha value is -2.14. The van der Waals surface area contributed by atoms with Crippen LogP contribution in [0.25, 0.3) is 5.57 Å². The van der Waals surface area contributed by atoms with Crippen molar-refractivity contribution in [2.24, 2.45) is 5.92 Å². The summed E-state index contributed by atoms with van der Waals surface area (Å²) in [6, 6.07) is 7.91. The number of nitrogens with zero attached hydrogens (tertiary/aromatic N) is 3. The first-order chi connectivity index (χ1) is 12.4. The van der Waals surface area contributed by atoms with Crippen molar-refractivity contribution in [1.29, 1.82) is 0 Å². The molecule has 26 heavy (non-hydrogen) atoms. The number of benzene rings is 1. The number of aryl methyl sites for hydroxylation is 1. The summed E-state index contributed by atoms with van der Waals surface area (Å²) in [6.45, 7) is 13.1. The molecule has 1 saturated heterocycles. The molecule has 1 aromatic carbocycles. The molecule has 5 heteroatoms. The molecule has 2 aliphatic rings. The number of amides is 2. The molecule has 5 nitrogen and oxygen atoms in total. The minimum absolute atomic E-state index is 0.135. The molecule has 0 aliphatic carbocycles. The van der Waals surface area contributed by atoms with Crippen LogP contribution in [0.2, 0.25) is 0 Å². The second-order valence-corrected chi connectivity index (χ2v) is 7.63. The first-order valence-corrected chi connectivity index (χ1v) is 9.57. The summed E-state index contributed by atoms with van der Waals surface area (Å²) in [7, 11) is 0. The van der Waals surface area contributed by atoms with E-state index in [-0.39, 0.29) is 17.7 Å². The minimum Gasteiger partial charge on any atom is -0.364 e. The number of hydrogen-bond acceptors (Lipinski definition) is 4. The summed E-state index contributed by atoms with van der Waals surface area (Å²) < 4.78 is 0. The molecule has 0 N–H and O–H groups in total. The standard InChI is InChI=1S/C21H29N3O2/c1-5-22-10-12-23(13-11-22)19-18(17-8-6-16(4)7-9-17)20(25)24(21(19)26)14-15(2)3/h6-9,15H,5,10-14H2,1-4H3. The van der Waals surface area contributed by atoms with Gasteiger partial charge in [0, 0.05) is 32.7 Å². The third kappa shape index (κ3) is 3.54. The maximum atomic E-state index is 13.1. The van der Waals surface area contributed by atoms with Gasteiger partial charge in [0.05, 0.1) is 5.57 Å². The molecular formula is C21H29N3O2. The van der Waals surface area contributed by atoms with Crippen molar-refractivity contribution in [2.75, 3.05) is 39.3 Å². The molecule has 0 radical (unpaired) electrons. The van der Waals surface area contributed by atoms with E-state index in [1.165, 1.54) is 4.90 Å². The Morgan fingerprint density at radius 1 is 0.962 bits per heavy atom. The van der Waals surface area contributed by atoms with E-state index in [1.54, 1.807) is 0 Å². The van der Waals surface area contributed by atoms with Crippen LogP contribution in [-0.4, -0.2) is 65.8 Å². The average Bonchev–Trinajstić information content (AvgIpc) is 2.87. The second-order valence-electron chi connectivity index (χ2n) is 7.63. The van der Waals surface area contributed by atoms with Gasteiger partial charge in [-0.1, -0.05) is 50.6 Å². The van der Waals surface area contributed by atoms with Crippen LogP contribution in [0.1, 0.15) is 31.9 Å². The number of rotatable bonds is 5. The molecule has 0 aromatic heterocycles. The van der Waals surface area contributed by atoms with Gasteiger partial charge in [-0.2, -0.15) is 0 Å². The summed E-state index contributed by atoms with van der Waals surface area (Å²) in [5, 5.41) is 0. The van der Waals surface area contributed by atoms with E-state index in [0.717, 1.165) is 43.9 Å². The lowest BCUT2D eigenvalue weighted by Crippen LogP contribution is -2.47. The highest BCUT2D eigenvalue weighted by Gasteiger charge is 2.42. The van der Waals surface area contributed by atoms with Crippen molar-refractivity contribution >= 4 is 17.4 Å². The molecule has 140 valence electrons. The van der Waals surface area contributed by atoms with Gasteiger partial charge in [-0.05, 0) is 24.9 Å². The third-order valence-electron chi connectivity index (χ3n) is 5.17. The van der Waals surface area contributed by atoms with Gasteiger partial charge in [0.15, 0.2) is 0 Å². The number of piperazine rings is 1. The Morgan fingerprint density at radius 3 is 2.12 bits per heavy atom. The second kappa shape index (κ2) is 7.62. The zero-order chi connectivity index (χ0) is 18.8. The van der Waals surface area contributed by atoms with Gasteiger partial charge in [0.1, 0.15) is 5.70 Å². The first-order valence-electron chi connectivity index (χ1n) is 9.57. The molecule has 2 amide bonds. The van der Waals surface area contributed by atoms with Crippen molar-refractivity contribution in [1.82, 2.24) is 14.7 Å². The number of carbonyl (C=O) groups is 2. The van der Waals surface area contributed by atoms with Crippen LogP contribution in [0.4, 0.5) is 0 Å². The van der Waals surface area contributed by atoms with Gasteiger partial charge in [-0.25, -0.2) is 0 Å². The maximum Gasteiger partial charge on any atom is 0.277 e. The molecule has 0 unspecified atom stereocenters. The molecule has 0 saturated carbocycles. The monoisotopic (exact) mass is 355 g/mol. The van der Waals surface area contributed by atoms with Crippen molar-refractivity contribution in [3.05, 3.63) is 41.1 Å². The van der Waals surface area contributed by atoms with Crippen LogP contribution in [0.3, 0.4) is 0 Å². The molecular weight excluding hydrogens is 326 g/mol. The van der Waals surface area contributed by atoms with Gasteiger partial charge in [-0.3, -0.25) is 14.5 Å². The fourth-order valence-electron chi connectivity index (χ4n) is 3.66. The van der Waals surface area contributed by atoms with Crippen LogP contribution in [-0.2, 0) is 9.59 Å². The first kappa shape index (κ1) is 18.6. The Kier molecular flexibility index (Phi) is 5.47. The molecule has 0 spiro atoms. The highest BCUT2D eigenvalue weighted by molar-refractivity contribution is 6.35. The summed E-state index contributed by atoms with van der Waals surface area (Å²) in [6.07, 6.45) is 0. The number of hydrogen-bond donors (Lipinski definition) is 0. The van der Waals surface area contributed by atoms with E-state index in [2.05, 4.69) is 16.7 Å². The lowest BCUT2D eigenvalue weighted by molar-refractivity contribution is -0.138. The topological polar surface area (TPSA) is 43.9 Å². The molecule has 0 atom stereocenters. The molecule has 2 heterocycles. The van der Waals surface area contributed by atoms with Gasteiger partial charge in [0.2, 0.25) is 0 Å². The zero-order valence-electron chi connectivity index (χ0n) is 16.3. The number of carbonyl (C=O) groups excluding carboxylic acids is 2. The van der Waals surface area contributed by atoms with Crippen LogP contribution in [0, 0.1) is 12.8 Å². The van der Waals surface area contributed by atoms with Crippen LogP contribution < -0.4 is 0 Å². The van der Waals surface area contributed by atoms with Crippen LogP contribution >= 0.6 is 0 Å². The Morgan fingerprint density at radius 2 is 1.58 bits per heavy atom.